The smallest absolute Gasteiger partial charge is 0.343 e. The van der Waals surface area contributed by atoms with Crippen LogP contribution in [-0.2, 0) is 9.59 Å². The second-order valence-corrected chi connectivity index (χ2v) is 20.2. The normalized spacial score (nSPS) is 12.5. The number of esters is 4. The largest absolute Gasteiger partial charge is 0.494 e. The van der Waals surface area contributed by atoms with E-state index in [1.165, 1.54) is 116 Å². The Balaban J connectivity index is 0.000000391. The van der Waals surface area contributed by atoms with E-state index >= 15 is 0 Å². The van der Waals surface area contributed by atoms with Crippen LogP contribution in [0.1, 0.15) is 204 Å². The summed E-state index contributed by atoms with van der Waals surface area (Å²) in [5, 5.41) is -1.41. The van der Waals surface area contributed by atoms with Crippen molar-refractivity contribution in [2.75, 3.05) is 13.2 Å². The molecule has 0 heterocycles. The zero-order chi connectivity index (χ0) is 53.8. The Hall–Kier alpha value is -5.06. The van der Waals surface area contributed by atoms with Gasteiger partial charge in [0, 0.05) is 0 Å². The van der Waals surface area contributed by atoms with E-state index in [1.807, 2.05) is 27.7 Å². The maximum atomic E-state index is 12.5. The van der Waals surface area contributed by atoms with E-state index in [0.29, 0.717) is 47.3 Å². The third-order valence-corrected chi connectivity index (χ3v) is 14.2. The van der Waals surface area contributed by atoms with Crippen LogP contribution in [0.3, 0.4) is 0 Å². The van der Waals surface area contributed by atoms with E-state index in [4.69, 9.17) is 51.6 Å². The number of ether oxygens (including phenoxy) is 6. The molecule has 4 aromatic rings. The Morgan fingerprint density at radius 1 is 0.351 bits per heavy atom. The fraction of sp³-hybridized carbons (Fsp3) is 0.548. The van der Waals surface area contributed by atoms with Crippen molar-refractivity contribution >= 4 is 47.1 Å². The quantitative estimate of drug-likeness (QED) is 0.0188. The predicted octanol–water partition coefficient (Wildman–Crippen LogP) is 17.5. The number of hydrogen-bond acceptors (Lipinski definition) is 10. The molecule has 74 heavy (non-hydrogen) atoms. The van der Waals surface area contributed by atoms with Crippen molar-refractivity contribution in [1.82, 2.24) is 0 Å². The molecule has 10 nitrogen and oxygen atoms in total. The SMILES string of the molecule is CCCCCCCCCCCCCOc1ccc(C(=O)Oc2ccc(OC(=O)C(Cl)C(C)CC)cc2)cc1.CCCCCCCCCCCOc1ccc(C(=O)Oc2ccc(OC(=O)C(Cl)C(C)CC)cc2)cc1. The summed E-state index contributed by atoms with van der Waals surface area (Å²) in [7, 11) is 0. The summed E-state index contributed by atoms with van der Waals surface area (Å²) in [6, 6.07) is 26.6. The average Bonchev–Trinajstić information content (AvgIpc) is 3.42. The van der Waals surface area contributed by atoms with Crippen LogP contribution in [0.2, 0.25) is 0 Å². The molecule has 0 amide bonds. The van der Waals surface area contributed by atoms with Crippen molar-refractivity contribution in [2.24, 2.45) is 11.8 Å². The number of carbonyl (C=O) groups excluding carboxylic acids is 4. The molecule has 4 unspecified atom stereocenters. The van der Waals surface area contributed by atoms with Crippen LogP contribution in [0.5, 0.6) is 34.5 Å². The third kappa shape index (κ3) is 26.4. The maximum absolute atomic E-state index is 12.5. The van der Waals surface area contributed by atoms with Gasteiger partial charge in [-0.05, 0) is 122 Å². The van der Waals surface area contributed by atoms with E-state index in [2.05, 4.69) is 13.8 Å². The summed E-state index contributed by atoms with van der Waals surface area (Å²) in [5.74, 6) is 1.02. The van der Waals surface area contributed by atoms with Crippen LogP contribution in [0, 0.1) is 11.8 Å². The van der Waals surface area contributed by atoms with Crippen molar-refractivity contribution in [2.45, 2.75) is 194 Å². The number of unbranched alkanes of at least 4 members (excludes halogenated alkanes) is 18. The lowest BCUT2D eigenvalue weighted by Crippen LogP contribution is -2.26. The summed E-state index contributed by atoms with van der Waals surface area (Å²) in [5.41, 5.74) is 0.862. The molecule has 0 fully saturated rings. The Labute approximate surface area is 453 Å². The highest BCUT2D eigenvalue weighted by atomic mass is 35.5. The van der Waals surface area contributed by atoms with Crippen LogP contribution >= 0.6 is 23.2 Å². The van der Waals surface area contributed by atoms with E-state index in [1.54, 1.807) is 97.1 Å². The summed E-state index contributed by atoms with van der Waals surface area (Å²) in [6.45, 7) is 13.6. The highest BCUT2D eigenvalue weighted by Gasteiger charge is 2.24. The minimum Gasteiger partial charge on any atom is -0.494 e. The van der Waals surface area contributed by atoms with Gasteiger partial charge in [-0.15, -0.1) is 23.2 Å². The van der Waals surface area contributed by atoms with Crippen molar-refractivity contribution in [3.63, 3.8) is 0 Å². The lowest BCUT2D eigenvalue weighted by atomic mass is 10.1. The highest BCUT2D eigenvalue weighted by Crippen LogP contribution is 2.25. The minimum absolute atomic E-state index is 0.0192. The Morgan fingerprint density at radius 3 is 0.865 bits per heavy atom. The molecule has 4 atom stereocenters. The number of halogens is 2. The van der Waals surface area contributed by atoms with E-state index in [0.717, 1.165) is 37.2 Å². The molecule has 0 aromatic heterocycles. The molecule has 0 radical (unpaired) electrons. The molecule has 4 aromatic carbocycles. The molecule has 0 aliphatic carbocycles. The molecule has 4 rings (SSSR count). The molecule has 0 saturated heterocycles. The Bertz CT molecular complexity index is 2130. The van der Waals surface area contributed by atoms with Gasteiger partial charge in [0.2, 0.25) is 0 Å². The molecular weight excluding hydrogens is 976 g/mol. The number of alkyl halides is 2. The second-order valence-electron chi connectivity index (χ2n) is 19.2. The van der Waals surface area contributed by atoms with Crippen LogP contribution < -0.4 is 28.4 Å². The molecule has 0 aliphatic heterocycles. The van der Waals surface area contributed by atoms with Gasteiger partial charge in [0.1, 0.15) is 45.3 Å². The molecule has 0 spiro atoms. The average molecular weight is 1060 g/mol. The van der Waals surface area contributed by atoms with Crippen LogP contribution in [0.4, 0.5) is 0 Å². The molecular formula is C62H86Cl2O10. The van der Waals surface area contributed by atoms with Gasteiger partial charge in [0.15, 0.2) is 0 Å². The first-order valence-corrected chi connectivity index (χ1v) is 28.6. The van der Waals surface area contributed by atoms with E-state index in [9.17, 15) is 19.2 Å². The first kappa shape index (κ1) is 63.2. The van der Waals surface area contributed by atoms with Crippen LogP contribution in [0.15, 0.2) is 97.1 Å². The topological polar surface area (TPSA) is 124 Å². The van der Waals surface area contributed by atoms with Crippen LogP contribution in [0.25, 0.3) is 0 Å². The zero-order valence-corrected chi connectivity index (χ0v) is 46.9. The monoisotopic (exact) mass is 1060 g/mol. The van der Waals surface area contributed by atoms with Gasteiger partial charge in [-0.25, -0.2) is 9.59 Å². The van der Waals surface area contributed by atoms with Crippen molar-refractivity contribution in [3.05, 3.63) is 108 Å². The third-order valence-electron chi connectivity index (χ3n) is 13.0. The van der Waals surface area contributed by atoms with Gasteiger partial charge in [0.25, 0.3) is 0 Å². The van der Waals surface area contributed by atoms with E-state index in [-0.39, 0.29) is 11.8 Å². The summed E-state index contributed by atoms with van der Waals surface area (Å²) >= 11 is 12.3. The second kappa shape index (κ2) is 38.5. The Morgan fingerprint density at radius 2 is 0.595 bits per heavy atom. The lowest BCUT2D eigenvalue weighted by molar-refractivity contribution is -0.135. The van der Waals surface area contributed by atoms with Crippen molar-refractivity contribution in [3.8, 4) is 34.5 Å². The van der Waals surface area contributed by atoms with Gasteiger partial charge in [-0.3, -0.25) is 9.59 Å². The minimum atomic E-state index is -0.704. The number of hydrogen-bond donors (Lipinski definition) is 0. The van der Waals surface area contributed by atoms with Crippen molar-refractivity contribution in [1.29, 1.82) is 0 Å². The van der Waals surface area contributed by atoms with E-state index < -0.39 is 34.6 Å². The zero-order valence-electron chi connectivity index (χ0n) is 45.4. The number of benzene rings is 4. The molecule has 0 aliphatic rings. The first-order valence-electron chi connectivity index (χ1n) is 27.7. The van der Waals surface area contributed by atoms with Gasteiger partial charge in [0.05, 0.1) is 24.3 Å². The molecule has 408 valence electrons. The van der Waals surface area contributed by atoms with Gasteiger partial charge >= 0.3 is 23.9 Å². The predicted molar refractivity (Wildman–Crippen MR) is 300 cm³/mol. The molecule has 0 saturated carbocycles. The fourth-order valence-electron chi connectivity index (χ4n) is 7.64. The lowest BCUT2D eigenvalue weighted by Gasteiger charge is -2.15. The summed E-state index contributed by atoms with van der Waals surface area (Å²) in [4.78, 5) is 49.2. The number of carbonyl (C=O) groups is 4. The molecule has 0 N–H and O–H groups in total. The Kier molecular flexibility index (Phi) is 32.9. The van der Waals surface area contributed by atoms with Crippen molar-refractivity contribution < 1.29 is 47.6 Å². The first-order chi connectivity index (χ1) is 35.9. The van der Waals surface area contributed by atoms with Gasteiger partial charge in [-0.2, -0.15) is 0 Å². The molecule has 0 bridgehead atoms. The standard InChI is InChI=1S/C32H45ClO5.C30H41ClO5/c1-4-6-7-8-9-10-11-12-13-14-15-24-36-27-18-16-26(17-19-27)31(34)37-28-20-22-29(23-21-28)38-32(35)30(33)25(3)5-2;1-4-6-7-8-9-10-11-12-13-22-34-25-16-14-24(15-17-25)29(32)35-26-18-20-27(21-19-26)36-30(33)28(31)23(3)5-2/h16-23,25,30H,4-15,24H2,1-3H3;14-21,23,28H,4-13,22H2,1-3H3. The van der Waals surface area contributed by atoms with Crippen LogP contribution in [-0.4, -0.2) is 47.8 Å². The highest BCUT2D eigenvalue weighted by molar-refractivity contribution is 6.30. The fourth-order valence-corrected chi connectivity index (χ4v) is 8.09. The van der Waals surface area contributed by atoms with Gasteiger partial charge < -0.3 is 28.4 Å². The summed E-state index contributed by atoms with van der Waals surface area (Å²) in [6.07, 6.45) is 27.4. The summed E-state index contributed by atoms with van der Waals surface area (Å²) < 4.78 is 33.1. The number of rotatable bonds is 36. The van der Waals surface area contributed by atoms with Gasteiger partial charge in [-0.1, -0.05) is 170 Å². The maximum Gasteiger partial charge on any atom is 0.343 e. The molecule has 12 heteroatoms.